The minimum absolute atomic E-state index is 0.390. The van der Waals surface area contributed by atoms with Crippen LogP contribution in [0.1, 0.15) is 5.56 Å². The zero-order chi connectivity index (χ0) is 13.2. The lowest BCUT2D eigenvalue weighted by Crippen LogP contribution is -2.30. The van der Waals surface area contributed by atoms with Gasteiger partial charge in [0.05, 0.1) is 4.92 Å². The number of halogens is 3. The van der Waals surface area contributed by atoms with Crippen molar-refractivity contribution in [1.29, 1.82) is 0 Å². The number of hydrogen-bond donors (Lipinski definition) is 1. The Balaban J connectivity index is 3.07. The van der Waals surface area contributed by atoms with E-state index in [1.54, 1.807) is 0 Å². The highest BCUT2D eigenvalue weighted by Gasteiger charge is 2.40. The number of rotatable bonds is 2. The number of aryl methyl sites for hydroxylation is 1. The van der Waals surface area contributed by atoms with Crippen LogP contribution in [-0.4, -0.2) is 22.0 Å². The number of amides is 1. The Morgan fingerprint density at radius 2 is 2.12 bits per heavy atom. The van der Waals surface area contributed by atoms with Crippen LogP contribution in [0, 0.1) is 17.0 Å². The van der Waals surface area contributed by atoms with Gasteiger partial charge in [0, 0.05) is 12.3 Å². The van der Waals surface area contributed by atoms with Gasteiger partial charge in [0.1, 0.15) is 0 Å². The maximum absolute atomic E-state index is 11.9. The topological polar surface area (TPSA) is 85.1 Å². The van der Waals surface area contributed by atoms with Crippen LogP contribution >= 0.6 is 0 Å². The summed E-state index contributed by atoms with van der Waals surface area (Å²) in [7, 11) is 0. The first-order valence-electron chi connectivity index (χ1n) is 4.21. The summed E-state index contributed by atoms with van der Waals surface area (Å²) in [6.07, 6.45) is -4.01. The molecule has 0 spiro atoms. The van der Waals surface area contributed by atoms with E-state index in [1.807, 2.05) is 0 Å². The second kappa shape index (κ2) is 4.36. The van der Waals surface area contributed by atoms with E-state index < -0.39 is 28.5 Å². The summed E-state index contributed by atoms with van der Waals surface area (Å²) in [5, 5.41) is 11.9. The van der Waals surface area contributed by atoms with Gasteiger partial charge in [-0.05, 0) is 12.5 Å². The molecule has 0 bridgehead atoms. The van der Waals surface area contributed by atoms with Gasteiger partial charge in [-0.15, -0.1) is 0 Å². The third-order valence-corrected chi connectivity index (χ3v) is 1.69. The Kier molecular flexibility index (Phi) is 3.30. The molecule has 92 valence electrons. The molecule has 0 atom stereocenters. The number of aromatic nitrogens is 1. The summed E-state index contributed by atoms with van der Waals surface area (Å²) >= 11 is 0. The fourth-order valence-electron chi connectivity index (χ4n) is 0.968. The summed E-state index contributed by atoms with van der Waals surface area (Å²) in [6.45, 7) is 1.48. The predicted molar refractivity (Wildman–Crippen MR) is 50.3 cm³/mol. The third-order valence-electron chi connectivity index (χ3n) is 1.69. The van der Waals surface area contributed by atoms with E-state index in [2.05, 4.69) is 4.98 Å². The Bertz CT molecular complexity index is 473. The van der Waals surface area contributed by atoms with Crippen molar-refractivity contribution in [3.63, 3.8) is 0 Å². The van der Waals surface area contributed by atoms with Gasteiger partial charge < -0.3 is 0 Å². The molecule has 17 heavy (non-hydrogen) atoms. The van der Waals surface area contributed by atoms with Crippen molar-refractivity contribution in [2.24, 2.45) is 0 Å². The zero-order valence-electron chi connectivity index (χ0n) is 8.41. The van der Waals surface area contributed by atoms with Crippen molar-refractivity contribution in [1.82, 2.24) is 4.98 Å². The van der Waals surface area contributed by atoms with Crippen LogP contribution in [0.5, 0.6) is 0 Å². The molecule has 0 aliphatic carbocycles. The highest BCUT2D eigenvalue weighted by atomic mass is 19.4. The van der Waals surface area contributed by atoms with Crippen LogP contribution in [0.15, 0.2) is 12.3 Å². The number of carbonyl (C=O) groups excluding carboxylic acids is 1. The molecule has 1 N–H and O–H groups in total. The van der Waals surface area contributed by atoms with Crippen LogP contribution < -0.4 is 5.32 Å². The molecule has 1 amide bonds. The summed E-state index contributed by atoms with van der Waals surface area (Å²) in [5.74, 6) is -3.04. The first-order valence-corrected chi connectivity index (χ1v) is 4.21. The minimum atomic E-state index is -5.12. The average Bonchev–Trinajstić information content (AvgIpc) is 2.18. The monoisotopic (exact) mass is 249 g/mol. The minimum Gasteiger partial charge on any atom is -0.297 e. The number of nitrogens with zero attached hydrogens (tertiary/aromatic N) is 2. The smallest absolute Gasteiger partial charge is 0.297 e. The van der Waals surface area contributed by atoms with Gasteiger partial charge in [0.25, 0.3) is 0 Å². The Morgan fingerprint density at radius 1 is 1.53 bits per heavy atom. The Morgan fingerprint density at radius 3 is 2.59 bits per heavy atom. The molecular formula is C8H6F3N3O3. The Labute approximate surface area is 92.6 Å². The molecule has 0 saturated heterocycles. The lowest BCUT2D eigenvalue weighted by atomic mass is 10.3. The molecule has 1 rings (SSSR count). The van der Waals surface area contributed by atoms with Gasteiger partial charge in [-0.1, -0.05) is 0 Å². The van der Waals surface area contributed by atoms with E-state index in [0.29, 0.717) is 5.56 Å². The molecule has 0 saturated carbocycles. The number of hydrogen-bond acceptors (Lipinski definition) is 4. The molecule has 0 aromatic carbocycles. The van der Waals surface area contributed by atoms with Gasteiger partial charge in [0.2, 0.25) is 5.82 Å². The number of alkyl halides is 3. The molecule has 1 aromatic heterocycles. The van der Waals surface area contributed by atoms with E-state index >= 15 is 0 Å². The number of pyridine rings is 1. The second-order valence-corrected chi connectivity index (χ2v) is 3.09. The van der Waals surface area contributed by atoms with Crippen LogP contribution in [0.4, 0.5) is 24.7 Å². The molecule has 0 aliphatic rings. The highest BCUT2D eigenvalue weighted by Crippen LogP contribution is 2.25. The van der Waals surface area contributed by atoms with Gasteiger partial charge in [-0.3, -0.25) is 20.2 Å². The van der Waals surface area contributed by atoms with Crippen LogP contribution in [0.2, 0.25) is 0 Å². The van der Waals surface area contributed by atoms with Crippen molar-refractivity contribution >= 4 is 17.4 Å². The van der Waals surface area contributed by atoms with Gasteiger partial charge >= 0.3 is 17.8 Å². The predicted octanol–water partition coefficient (Wildman–Crippen LogP) is 1.80. The zero-order valence-corrected chi connectivity index (χ0v) is 8.41. The van der Waals surface area contributed by atoms with Crippen LogP contribution in [-0.2, 0) is 4.79 Å². The van der Waals surface area contributed by atoms with E-state index in [9.17, 15) is 28.1 Å². The number of nitro groups is 1. The normalized spacial score (nSPS) is 11.1. The van der Waals surface area contributed by atoms with E-state index in [1.165, 1.54) is 12.2 Å². The lowest BCUT2D eigenvalue weighted by Gasteiger charge is -2.07. The fraction of sp³-hybridized carbons (Fsp3) is 0.250. The summed E-state index contributed by atoms with van der Waals surface area (Å²) in [6, 6.07) is 1.01. The third kappa shape index (κ3) is 3.13. The molecular weight excluding hydrogens is 243 g/mol. The van der Waals surface area contributed by atoms with Crippen LogP contribution in [0.3, 0.4) is 0 Å². The second-order valence-electron chi connectivity index (χ2n) is 3.09. The van der Waals surface area contributed by atoms with E-state index in [-0.39, 0.29) is 0 Å². The first-order chi connectivity index (χ1) is 7.71. The number of nitrogens with one attached hydrogen (secondary N) is 1. The molecule has 0 fully saturated rings. The van der Waals surface area contributed by atoms with E-state index in [0.717, 1.165) is 12.3 Å². The highest BCUT2D eigenvalue weighted by molar-refractivity contribution is 5.95. The van der Waals surface area contributed by atoms with Gasteiger partial charge in [-0.2, -0.15) is 13.2 Å². The molecule has 9 heteroatoms. The molecule has 0 radical (unpaired) electrons. The maximum Gasteiger partial charge on any atom is 0.471 e. The first kappa shape index (κ1) is 12.9. The summed E-state index contributed by atoms with van der Waals surface area (Å²) in [4.78, 5) is 23.6. The maximum atomic E-state index is 11.9. The summed E-state index contributed by atoms with van der Waals surface area (Å²) < 4.78 is 35.8. The van der Waals surface area contributed by atoms with Crippen molar-refractivity contribution in [3.05, 3.63) is 27.9 Å². The SMILES string of the molecule is Cc1cnc(NC(=O)C(F)(F)F)c([N+](=O)[O-])c1. The fourth-order valence-corrected chi connectivity index (χ4v) is 0.968. The molecule has 0 unspecified atom stereocenters. The summed E-state index contributed by atoms with van der Waals surface area (Å²) in [5.41, 5.74) is -0.302. The van der Waals surface area contributed by atoms with Crippen molar-refractivity contribution in [3.8, 4) is 0 Å². The largest absolute Gasteiger partial charge is 0.471 e. The van der Waals surface area contributed by atoms with Gasteiger partial charge in [0.15, 0.2) is 0 Å². The van der Waals surface area contributed by atoms with Crippen molar-refractivity contribution < 1.29 is 22.9 Å². The standard InChI is InChI=1S/C8H6F3N3O3/c1-4-2-5(14(16)17)6(12-3-4)13-7(15)8(9,10)11/h2-3H,1H3,(H,12,13,15). The lowest BCUT2D eigenvalue weighted by molar-refractivity contribution is -0.384. The van der Waals surface area contributed by atoms with Gasteiger partial charge in [-0.25, -0.2) is 4.98 Å². The number of carbonyl (C=O) groups is 1. The molecule has 1 aromatic rings. The Hall–Kier alpha value is -2.19. The molecule has 6 nitrogen and oxygen atoms in total. The van der Waals surface area contributed by atoms with Crippen molar-refractivity contribution in [2.45, 2.75) is 13.1 Å². The quantitative estimate of drug-likeness (QED) is 0.639. The van der Waals surface area contributed by atoms with E-state index in [4.69, 9.17) is 0 Å². The van der Waals surface area contributed by atoms with Crippen LogP contribution in [0.25, 0.3) is 0 Å². The average molecular weight is 249 g/mol. The number of anilines is 1. The molecule has 1 heterocycles. The molecule has 0 aliphatic heterocycles. The van der Waals surface area contributed by atoms with Crippen molar-refractivity contribution in [2.75, 3.05) is 5.32 Å².